The number of hydrogen-bond donors (Lipinski definition) is 0. The van der Waals surface area contributed by atoms with Crippen LogP contribution in [-0.4, -0.2) is 10.8 Å². The molecule has 0 aliphatic rings. The Kier molecular flexibility index (Phi) is 3.87. The van der Waals surface area contributed by atoms with E-state index in [0.29, 0.717) is 15.7 Å². The second kappa shape index (κ2) is 5.40. The van der Waals surface area contributed by atoms with Crippen molar-refractivity contribution in [2.45, 2.75) is 13.3 Å². The van der Waals surface area contributed by atoms with Crippen LogP contribution in [0.1, 0.15) is 21.7 Å². The molecule has 18 heavy (non-hydrogen) atoms. The molecule has 2 rings (SSSR count). The topological polar surface area (TPSA) is 30.0 Å². The van der Waals surface area contributed by atoms with Crippen molar-refractivity contribution in [3.63, 3.8) is 0 Å². The molecule has 0 spiro atoms. The first-order valence-corrected chi connectivity index (χ1v) is 6.27. The van der Waals surface area contributed by atoms with E-state index in [9.17, 15) is 9.18 Å². The number of pyridine rings is 1. The van der Waals surface area contributed by atoms with E-state index in [0.717, 1.165) is 5.69 Å². The standard InChI is InChI=1S/C14H11BrFNO/c1-9-4-2-7-12(17-9)13(18)8-10-5-3-6-11(16)14(10)15/h2-7H,8H2,1H3. The van der Waals surface area contributed by atoms with E-state index in [2.05, 4.69) is 20.9 Å². The summed E-state index contributed by atoms with van der Waals surface area (Å²) in [5.41, 5.74) is 1.83. The summed E-state index contributed by atoms with van der Waals surface area (Å²) in [5, 5.41) is 0. The number of ketones is 1. The molecular weight excluding hydrogens is 297 g/mol. The Morgan fingerprint density at radius 3 is 2.72 bits per heavy atom. The summed E-state index contributed by atoms with van der Waals surface area (Å²) < 4.78 is 13.7. The van der Waals surface area contributed by atoms with Crippen molar-refractivity contribution < 1.29 is 9.18 Å². The van der Waals surface area contributed by atoms with Crippen molar-refractivity contribution in [2.24, 2.45) is 0 Å². The molecule has 0 bridgehead atoms. The molecule has 0 amide bonds. The molecule has 0 fully saturated rings. The third kappa shape index (κ3) is 2.82. The molecular formula is C14H11BrFNO. The highest BCUT2D eigenvalue weighted by molar-refractivity contribution is 9.10. The molecule has 1 aromatic heterocycles. The monoisotopic (exact) mass is 307 g/mol. The normalized spacial score (nSPS) is 10.4. The summed E-state index contributed by atoms with van der Waals surface area (Å²) in [5.74, 6) is -0.484. The van der Waals surface area contributed by atoms with Gasteiger partial charge in [0.1, 0.15) is 11.5 Å². The quantitative estimate of drug-likeness (QED) is 0.809. The lowest BCUT2D eigenvalue weighted by Crippen LogP contribution is -2.07. The molecule has 0 saturated carbocycles. The number of benzene rings is 1. The largest absolute Gasteiger partial charge is 0.292 e. The summed E-state index contributed by atoms with van der Waals surface area (Å²) in [6.45, 7) is 1.83. The molecule has 1 heterocycles. The molecule has 0 aliphatic carbocycles. The minimum absolute atomic E-state index is 0.120. The fourth-order valence-corrected chi connectivity index (χ4v) is 2.05. The van der Waals surface area contributed by atoms with E-state index in [4.69, 9.17) is 0 Å². The van der Waals surface area contributed by atoms with Crippen molar-refractivity contribution in [3.05, 3.63) is 63.6 Å². The Balaban J connectivity index is 2.24. The lowest BCUT2D eigenvalue weighted by molar-refractivity contribution is 0.0988. The molecule has 0 radical (unpaired) electrons. The van der Waals surface area contributed by atoms with Gasteiger partial charge in [0.05, 0.1) is 4.47 Å². The SMILES string of the molecule is Cc1cccc(C(=O)Cc2cccc(F)c2Br)n1. The Morgan fingerprint density at radius 2 is 2.00 bits per heavy atom. The summed E-state index contributed by atoms with van der Waals surface area (Å²) >= 11 is 3.15. The molecule has 0 N–H and O–H groups in total. The highest BCUT2D eigenvalue weighted by atomic mass is 79.9. The maximum absolute atomic E-state index is 13.3. The molecule has 0 unspecified atom stereocenters. The molecule has 0 aliphatic heterocycles. The first-order chi connectivity index (χ1) is 8.58. The highest BCUT2D eigenvalue weighted by Gasteiger charge is 2.12. The second-order valence-electron chi connectivity index (χ2n) is 3.98. The van der Waals surface area contributed by atoms with E-state index in [1.54, 1.807) is 24.3 Å². The highest BCUT2D eigenvalue weighted by Crippen LogP contribution is 2.21. The van der Waals surface area contributed by atoms with Gasteiger partial charge in [-0.1, -0.05) is 18.2 Å². The Hall–Kier alpha value is -1.55. The number of halogens is 2. The molecule has 92 valence electrons. The summed E-state index contributed by atoms with van der Waals surface area (Å²) in [6, 6.07) is 9.95. The fraction of sp³-hybridized carbons (Fsp3) is 0.143. The van der Waals surface area contributed by atoms with E-state index in [1.807, 2.05) is 13.0 Å². The van der Waals surface area contributed by atoms with E-state index in [1.165, 1.54) is 6.07 Å². The van der Waals surface area contributed by atoms with Crippen LogP contribution in [0.4, 0.5) is 4.39 Å². The lowest BCUT2D eigenvalue weighted by atomic mass is 10.1. The van der Waals surface area contributed by atoms with Crippen LogP contribution in [0.25, 0.3) is 0 Å². The summed E-state index contributed by atoms with van der Waals surface area (Å²) in [7, 11) is 0. The van der Waals surface area contributed by atoms with Gasteiger partial charge in [0.25, 0.3) is 0 Å². The average molecular weight is 308 g/mol. The smallest absolute Gasteiger partial charge is 0.185 e. The molecule has 4 heteroatoms. The van der Waals surface area contributed by atoms with Gasteiger partial charge in [0, 0.05) is 12.1 Å². The van der Waals surface area contributed by atoms with Crippen LogP contribution < -0.4 is 0 Å². The van der Waals surface area contributed by atoms with Crippen LogP contribution in [-0.2, 0) is 6.42 Å². The molecule has 0 atom stereocenters. The Morgan fingerprint density at radius 1 is 1.28 bits per heavy atom. The van der Waals surface area contributed by atoms with Crippen molar-refractivity contribution in [1.82, 2.24) is 4.98 Å². The minimum atomic E-state index is -0.363. The zero-order valence-electron chi connectivity index (χ0n) is 9.78. The van der Waals surface area contributed by atoms with Crippen LogP contribution in [0.3, 0.4) is 0 Å². The second-order valence-corrected chi connectivity index (χ2v) is 4.77. The molecule has 2 nitrogen and oxygen atoms in total. The predicted octanol–water partition coefficient (Wildman–Crippen LogP) is 3.72. The van der Waals surface area contributed by atoms with Gasteiger partial charge in [-0.2, -0.15) is 0 Å². The average Bonchev–Trinajstić information content (AvgIpc) is 2.35. The van der Waals surface area contributed by atoms with Crippen LogP contribution in [0.5, 0.6) is 0 Å². The fourth-order valence-electron chi connectivity index (χ4n) is 1.65. The van der Waals surface area contributed by atoms with Gasteiger partial charge >= 0.3 is 0 Å². The van der Waals surface area contributed by atoms with Crippen molar-refractivity contribution in [1.29, 1.82) is 0 Å². The maximum Gasteiger partial charge on any atom is 0.185 e. The zero-order valence-corrected chi connectivity index (χ0v) is 11.4. The maximum atomic E-state index is 13.3. The minimum Gasteiger partial charge on any atom is -0.292 e. The molecule has 0 saturated heterocycles. The number of aryl methyl sites for hydroxylation is 1. The van der Waals surface area contributed by atoms with Gasteiger partial charge < -0.3 is 0 Å². The van der Waals surface area contributed by atoms with Gasteiger partial charge in [0.2, 0.25) is 0 Å². The summed E-state index contributed by atoms with van der Waals surface area (Å²) in [4.78, 5) is 16.2. The first kappa shape index (κ1) is 12.9. The predicted molar refractivity (Wildman–Crippen MR) is 71.1 cm³/mol. The van der Waals surface area contributed by atoms with Crippen LogP contribution in [0, 0.1) is 12.7 Å². The van der Waals surface area contributed by atoms with Crippen LogP contribution in [0.15, 0.2) is 40.9 Å². The third-order valence-corrected chi connectivity index (χ3v) is 3.44. The number of Topliss-reactive ketones (excluding diaryl/α,β-unsaturated/α-hetero) is 1. The number of aromatic nitrogens is 1. The third-order valence-electron chi connectivity index (χ3n) is 2.56. The van der Waals surface area contributed by atoms with Crippen LogP contribution >= 0.6 is 15.9 Å². The number of nitrogens with zero attached hydrogens (tertiary/aromatic N) is 1. The Bertz CT molecular complexity index is 598. The number of rotatable bonds is 3. The van der Waals surface area contributed by atoms with Gasteiger partial charge in [-0.3, -0.25) is 9.78 Å². The number of hydrogen-bond acceptors (Lipinski definition) is 2. The van der Waals surface area contributed by atoms with Crippen LogP contribution in [0.2, 0.25) is 0 Å². The first-order valence-electron chi connectivity index (χ1n) is 5.47. The number of carbonyl (C=O) groups is 1. The van der Waals surface area contributed by atoms with Crippen molar-refractivity contribution in [3.8, 4) is 0 Å². The number of carbonyl (C=O) groups excluding carboxylic acids is 1. The van der Waals surface area contributed by atoms with Crippen molar-refractivity contribution in [2.75, 3.05) is 0 Å². The molecule has 1 aromatic carbocycles. The van der Waals surface area contributed by atoms with Gasteiger partial charge in [0.15, 0.2) is 5.78 Å². The van der Waals surface area contributed by atoms with E-state index in [-0.39, 0.29) is 18.0 Å². The van der Waals surface area contributed by atoms with Gasteiger partial charge in [-0.25, -0.2) is 4.39 Å². The summed E-state index contributed by atoms with van der Waals surface area (Å²) in [6.07, 6.45) is 0.134. The van der Waals surface area contributed by atoms with Gasteiger partial charge in [-0.05, 0) is 46.6 Å². The zero-order chi connectivity index (χ0) is 13.1. The Labute approximate surface area is 113 Å². The van der Waals surface area contributed by atoms with Gasteiger partial charge in [-0.15, -0.1) is 0 Å². The van der Waals surface area contributed by atoms with Crippen molar-refractivity contribution >= 4 is 21.7 Å². The lowest BCUT2D eigenvalue weighted by Gasteiger charge is -2.05. The van der Waals surface area contributed by atoms with E-state index >= 15 is 0 Å². The van der Waals surface area contributed by atoms with E-state index < -0.39 is 0 Å². The molecule has 2 aromatic rings.